The summed E-state index contributed by atoms with van der Waals surface area (Å²) >= 11 is 0. The molecule has 0 saturated carbocycles. The van der Waals surface area contributed by atoms with Gasteiger partial charge in [-0.3, -0.25) is 4.90 Å². The zero-order valence-corrected chi connectivity index (χ0v) is 14.1. The third kappa shape index (κ3) is 5.50. The average Bonchev–Trinajstić information content (AvgIpc) is 2.43. The van der Waals surface area contributed by atoms with Crippen molar-refractivity contribution in [2.24, 2.45) is 5.92 Å². The van der Waals surface area contributed by atoms with E-state index < -0.39 is 6.17 Å². The van der Waals surface area contributed by atoms with Crippen molar-refractivity contribution in [1.29, 1.82) is 0 Å². The molecule has 0 bridgehead atoms. The van der Waals surface area contributed by atoms with Crippen molar-refractivity contribution < 1.29 is 9.13 Å². The lowest BCUT2D eigenvalue weighted by atomic mass is 10.0. The number of halogens is 1. The van der Waals surface area contributed by atoms with Gasteiger partial charge in [-0.1, -0.05) is 20.8 Å². The summed E-state index contributed by atoms with van der Waals surface area (Å²) in [6.45, 7) is 12.6. The highest BCUT2D eigenvalue weighted by atomic mass is 19.1. The van der Waals surface area contributed by atoms with Crippen LogP contribution in [0.15, 0.2) is 0 Å². The summed E-state index contributed by atoms with van der Waals surface area (Å²) in [6, 6.07) is 0. The van der Waals surface area contributed by atoms with Crippen LogP contribution in [0.2, 0.25) is 0 Å². The zero-order chi connectivity index (χ0) is 15.2. The molecule has 0 aromatic rings. The van der Waals surface area contributed by atoms with Gasteiger partial charge in [-0.25, -0.2) is 4.39 Å². The van der Waals surface area contributed by atoms with E-state index in [1.807, 2.05) is 0 Å². The normalized spacial score (nSPS) is 30.1. The Kier molecular flexibility index (Phi) is 6.90. The first kappa shape index (κ1) is 17.2. The summed E-state index contributed by atoms with van der Waals surface area (Å²) in [6.07, 6.45) is 3.49. The molecule has 124 valence electrons. The summed E-state index contributed by atoms with van der Waals surface area (Å²) in [7, 11) is 0. The van der Waals surface area contributed by atoms with Crippen LogP contribution in [0.5, 0.6) is 0 Å². The fraction of sp³-hybridized carbons (Fsp3) is 1.00. The lowest BCUT2D eigenvalue weighted by Gasteiger charge is -2.39. The van der Waals surface area contributed by atoms with E-state index in [9.17, 15) is 4.39 Å². The highest BCUT2D eigenvalue weighted by molar-refractivity contribution is 4.83. The van der Waals surface area contributed by atoms with E-state index >= 15 is 0 Å². The van der Waals surface area contributed by atoms with E-state index in [2.05, 4.69) is 30.6 Å². The van der Waals surface area contributed by atoms with E-state index in [4.69, 9.17) is 4.74 Å². The van der Waals surface area contributed by atoms with Gasteiger partial charge >= 0.3 is 0 Å². The molecule has 2 fully saturated rings. The van der Waals surface area contributed by atoms with E-state index in [-0.39, 0.29) is 12.2 Å². The van der Waals surface area contributed by atoms with Gasteiger partial charge in [-0.05, 0) is 38.1 Å². The van der Waals surface area contributed by atoms with Crippen LogP contribution in [0.4, 0.5) is 4.39 Å². The first-order chi connectivity index (χ1) is 10.1. The fourth-order valence-electron chi connectivity index (χ4n) is 3.61. The Labute approximate surface area is 129 Å². The molecule has 0 aromatic carbocycles. The first-order valence-corrected chi connectivity index (χ1v) is 8.82. The predicted molar refractivity (Wildman–Crippen MR) is 85.4 cm³/mol. The molecule has 0 aliphatic carbocycles. The van der Waals surface area contributed by atoms with Crippen LogP contribution in [0.3, 0.4) is 0 Å². The van der Waals surface area contributed by atoms with Gasteiger partial charge in [-0.2, -0.15) is 0 Å². The number of rotatable bonds is 6. The summed E-state index contributed by atoms with van der Waals surface area (Å²) in [5.41, 5.74) is 0. The van der Waals surface area contributed by atoms with Gasteiger partial charge in [0.2, 0.25) is 0 Å². The Bertz CT molecular complexity index is 293. The van der Waals surface area contributed by atoms with Gasteiger partial charge < -0.3 is 9.64 Å². The molecule has 0 aromatic heterocycles. The number of piperidine rings is 2. The van der Waals surface area contributed by atoms with Crippen LogP contribution in [0.1, 0.15) is 46.5 Å². The van der Waals surface area contributed by atoms with Crippen molar-refractivity contribution in [2.45, 2.75) is 64.8 Å². The summed E-state index contributed by atoms with van der Waals surface area (Å²) in [4.78, 5) is 4.75. The molecule has 0 N–H and O–H groups in total. The third-order valence-electron chi connectivity index (χ3n) is 4.63. The Morgan fingerprint density at radius 3 is 2.33 bits per heavy atom. The topological polar surface area (TPSA) is 15.7 Å². The standard InChI is InChI=1S/C17H33FN2O/c1-4-8-19-9-5-15(6-10-19)21-17-7-11-20(12-14(2)3)13-16(17)18/h14-17H,4-13H2,1-3H3. The molecule has 2 atom stereocenters. The highest BCUT2D eigenvalue weighted by Crippen LogP contribution is 2.23. The number of nitrogens with zero attached hydrogens (tertiary/aromatic N) is 2. The van der Waals surface area contributed by atoms with Crippen LogP contribution < -0.4 is 0 Å². The molecular weight excluding hydrogens is 267 g/mol. The molecule has 2 heterocycles. The molecule has 4 heteroatoms. The minimum atomic E-state index is -0.814. The molecule has 21 heavy (non-hydrogen) atoms. The maximum atomic E-state index is 14.3. The Hall–Kier alpha value is -0.190. The third-order valence-corrected chi connectivity index (χ3v) is 4.63. The van der Waals surface area contributed by atoms with Crippen molar-refractivity contribution >= 4 is 0 Å². The lowest BCUT2D eigenvalue weighted by molar-refractivity contribution is -0.0993. The highest BCUT2D eigenvalue weighted by Gasteiger charge is 2.32. The van der Waals surface area contributed by atoms with Gasteiger partial charge in [0.25, 0.3) is 0 Å². The quantitative estimate of drug-likeness (QED) is 0.750. The maximum Gasteiger partial charge on any atom is 0.139 e. The smallest absolute Gasteiger partial charge is 0.139 e. The molecular formula is C17H33FN2O. The van der Waals surface area contributed by atoms with Crippen molar-refractivity contribution in [1.82, 2.24) is 9.80 Å². The fourth-order valence-corrected chi connectivity index (χ4v) is 3.61. The van der Waals surface area contributed by atoms with Crippen molar-refractivity contribution in [3.63, 3.8) is 0 Å². The largest absolute Gasteiger partial charge is 0.372 e. The van der Waals surface area contributed by atoms with Gasteiger partial charge in [-0.15, -0.1) is 0 Å². The van der Waals surface area contributed by atoms with Crippen LogP contribution in [0.25, 0.3) is 0 Å². The van der Waals surface area contributed by atoms with Crippen molar-refractivity contribution in [2.75, 3.05) is 39.3 Å². The van der Waals surface area contributed by atoms with Crippen LogP contribution in [0, 0.1) is 5.92 Å². The Morgan fingerprint density at radius 2 is 1.76 bits per heavy atom. The van der Waals surface area contributed by atoms with Gasteiger partial charge in [0.05, 0.1) is 12.2 Å². The summed E-state index contributed by atoms with van der Waals surface area (Å²) < 4.78 is 20.4. The second kappa shape index (κ2) is 8.44. The molecule has 0 spiro atoms. The minimum absolute atomic E-state index is 0.170. The van der Waals surface area contributed by atoms with Crippen LogP contribution >= 0.6 is 0 Å². The number of alkyl halides is 1. The zero-order valence-electron chi connectivity index (χ0n) is 14.1. The summed E-state index contributed by atoms with van der Waals surface area (Å²) in [5, 5.41) is 0. The molecule has 0 amide bonds. The van der Waals surface area contributed by atoms with E-state index in [0.717, 1.165) is 45.4 Å². The Balaban J connectivity index is 1.70. The predicted octanol–water partition coefficient (Wildman–Crippen LogP) is 2.95. The first-order valence-electron chi connectivity index (χ1n) is 8.82. The van der Waals surface area contributed by atoms with Gasteiger partial charge in [0.15, 0.2) is 0 Å². The molecule has 3 nitrogen and oxygen atoms in total. The molecule has 2 aliphatic rings. The maximum absolute atomic E-state index is 14.3. The summed E-state index contributed by atoms with van der Waals surface area (Å²) in [5.74, 6) is 0.609. The SMILES string of the molecule is CCCN1CCC(OC2CCN(CC(C)C)CC2F)CC1. The van der Waals surface area contributed by atoms with E-state index in [0.29, 0.717) is 12.5 Å². The molecule has 2 rings (SSSR count). The van der Waals surface area contributed by atoms with Gasteiger partial charge in [0.1, 0.15) is 6.17 Å². The molecule has 2 aliphatic heterocycles. The van der Waals surface area contributed by atoms with Crippen LogP contribution in [-0.4, -0.2) is 67.4 Å². The lowest BCUT2D eigenvalue weighted by Crippen LogP contribution is -2.49. The minimum Gasteiger partial charge on any atom is -0.372 e. The molecule has 2 unspecified atom stereocenters. The number of hydrogen-bond acceptors (Lipinski definition) is 3. The molecule has 0 radical (unpaired) electrons. The molecule has 2 saturated heterocycles. The number of hydrogen-bond donors (Lipinski definition) is 0. The number of likely N-dealkylation sites (tertiary alicyclic amines) is 2. The average molecular weight is 300 g/mol. The van der Waals surface area contributed by atoms with Crippen LogP contribution in [-0.2, 0) is 4.74 Å². The second-order valence-corrected chi connectivity index (χ2v) is 7.17. The van der Waals surface area contributed by atoms with E-state index in [1.54, 1.807) is 0 Å². The number of ether oxygens (including phenoxy) is 1. The Morgan fingerprint density at radius 1 is 1.10 bits per heavy atom. The van der Waals surface area contributed by atoms with Crippen molar-refractivity contribution in [3.8, 4) is 0 Å². The van der Waals surface area contributed by atoms with E-state index in [1.165, 1.54) is 13.0 Å². The monoisotopic (exact) mass is 300 g/mol. The van der Waals surface area contributed by atoms with Gasteiger partial charge in [0, 0.05) is 32.7 Å². The second-order valence-electron chi connectivity index (χ2n) is 7.17. The van der Waals surface area contributed by atoms with Crippen molar-refractivity contribution in [3.05, 3.63) is 0 Å².